The van der Waals surface area contributed by atoms with Gasteiger partial charge in [-0.25, -0.2) is 14.4 Å². The Balaban J connectivity index is 1.36. The molecule has 2 amide bonds. The van der Waals surface area contributed by atoms with Crippen LogP contribution in [0.3, 0.4) is 0 Å². The number of halogens is 1. The first kappa shape index (κ1) is 24.6. The summed E-state index contributed by atoms with van der Waals surface area (Å²) < 4.78 is 14.9. The molecule has 0 saturated carbocycles. The van der Waals surface area contributed by atoms with Gasteiger partial charge in [0.05, 0.1) is 11.1 Å². The van der Waals surface area contributed by atoms with Crippen LogP contribution in [0, 0.1) is 5.82 Å². The molecule has 0 unspecified atom stereocenters. The Hall–Kier alpha value is -5.06. The van der Waals surface area contributed by atoms with Crippen molar-refractivity contribution in [3.63, 3.8) is 0 Å². The fourth-order valence-electron chi connectivity index (χ4n) is 4.43. The molecule has 11 heteroatoms. The number of amides is 2. The molecule has 38 heavy (non-hydrogen) atoms. The molecule has 5 rings (SSSR count). The minimum Gasteiger partial charge on any atom is -0.383 e. The zero-order valence-electron chi connectivity index (χ0n) is 20.2. The lowest BCUT2D eigenvalue weighted by molar-refractivity contribution is -0.127. The lowest BCUT2D eigenvalue weighted by atomic mass is 10.0. The number of aromatic amines is 1. The minimum absolute atomic E-state index is 0.0288. The summed E-state index contributed by atoms with van der Waals surface area (Å²) in [7, 11) is 0. The molecule has 1 aliphatic rings. The number of pyridine rings is 1. The number of hydrogen-bond donors (Lipinski definition) is 3. The molecule has 1 aliphatic heterocycles. The third-order valence-electron chi connectivity index (χ3n) is 6.43. The highest BCUT2D eigenvalue weighted by molar-refractivity contribution is 6.45. The third-order valence-corrected chi connectivity index (χ3v) is 6.43. The number of carbonyl (C=O) groups excluding carboxylic acids is 3. The summed E-state index contributed by atoms with van der Waals surface area (Å²) in [6.45, 7) is 0.934. The largest absolute Gasteiger partial charge is 0.383 e. The van der Waals surface area contributed by atoms with Gasteiger partial charge in [-0.1, -0.05) is 18.2 Å². The smallest absolute Gasteiger partial charge is 0.295 e. The summed E-state index contributed by atoms with van der Waals surface area (Å²) in [4.78, 5) is 53.0. The molecule has 0 bridgehead atoms. The van der Waals surface area contributed by atoms with E-state index in [4.69, 9.17) is 11.5 Å². The first-order chi connectivity index (χ1) is 18.3. The second-order valence-corrected chi connectivity index (χ2v) is 8.73. The molecule has 0 spiro atoms. The van der Waals surface area contributed by atoms with E-state index in [1.54, 1.807) is 41.3 Å². The molecular weight excluding hydrogens is 489 g/mol. The van der Waals surface area contributed by atoms with E-state index in [1.807, 2.05) is 6.07 Å². The number of benzene rings is 2. The molecule has 192 valence electrons. The Bertz CT molecular complexity index is 1570. The van der Waals surface area contributed by atoms with Crippen LogP contribution in [0.1, 0.15) is 26.3 Å². The number of piperazine rings is 1. The van der Waals surface area contributed by atoms with Gasteiger partial charge in [-0.2, -0.15) is 0 Å². The molecule has 4 aromatic rings. The van der Waals surface area contributed by atoms with Crippen LogP contribution in [0.5, 0.6) is 0 Å². The molecule has 0 radical (unpaired) electrons. The molecule has 0 atom stereocenters. The quantitative estimate of drug-likeness (QED) is 0.161. The number of nitrogens with one attached hydrogen (secondary N) is 1. The predicted molar refractivity (Wildman–Crippen MR) is 141 cm³/mol. The monoisotopic (exact) mass is 513 g/mol. The highest BCUT2D eigenvalue weighted by atomic mass is 19.1. The van der Waals surface area contributed by atoms with Crippen LogP contribution >= 0.6 is 0 Å². The lowest BCUT2D eigenvalue weighted by Crippen LogP contribution is -2.52. The van der Waals surface area contributed by atoms with Crippen molar-refractivity contribution in [1.82, 2.24) is 19.8 Å². The lowest BCUT2D eigenvalue weighted by Gasteiger charge is -2.34. The van der Waals surface area contributed by atoms with Crippen LogP contribution in [-0.2, 0) is 4.79 Å². The molecular formula is C27H24FN7O3. The predicted octanol–water partition coefficient (Wildman–Crippen LogP) is 2.49. The number of ketones is 1. The number of rotatable bonds is 5. The number of aliphatic imine (C=N–C) groups is 1. The summed E-state index contributed by atoms with van der Waals surface area (Å²) in [5.41, 5.74) is 13.4. The van der Waals surface area contributed by atoms with Gasteiger partial charge in [-0.05, 0) is 36.4 Å². The minimum atomic E-state index is -0.859. The van der Waals surface area contributed by atoms with Crippen molar-refractivity contribution in [3.05, 3.63) is 89.5 Å². The van der Waals surface area contributed by atoms with Crippen molar-refractivity contribution in [2.24, 2.45) is 10.7 Å². The first-order valence-corrected chi connectivity index (χ1v) is 11.9. The Kier molecular flexibility index (Phi) is 6.56. The number of nitrogens with two attached hydrogens (primary N) is 2. The van der Waals surface area contributed by atoms with Crippen LogP contribution in [0.15, 0.2) is 72.0 Å². The third kappa shape index (κ3) is 4.57. The molecule has 1 saturated heterocycles. The maximum atomic E-state index is 14.9. The number of amidine groups is 1. The van der Waals surface area contributed by atoms with Crippen molar-refractivity contribution < 1.29 is 18.8 Å². The summed E-state index contributed by atoms with van der Waals surface area (Å²) in [6.07, 6.45) is 2.81. The fourth-order valence-corrected chi connectivity index (χ4v) is 4.43. The van der Waals surface area contributed by atoms with Gasteiger partial charge in [0.1, 0.15) is 23.2 Å². The Labute approximate surface area is 216 Å². The van der Waals surface area contributed by atoms with Gasteiger partial charge in [-0.15, -0.1) is 0 Å². The van der Waals surface area contributed by atoms with E-state index in [0.29, 0.717) is 16.8 Å². The molecule has 2 aromatic carbocycles. The molecule has 0 aliphatic carbocycles. The van der Waals surface area contributed by atoms with E-state index in [0.717, 1.165) is 6.07 Å². The van der Waals surface area contributed by atoms with E-state index >= 15 is 0 Å². The topological polar surface area (TPSA) is 151 Å². The highest BCUT2D eigenvalue weighted by Gasteiger charge is 2.31. The number of H-pyrrole nitrogens is 1. The number of carbonyl (C=O) groups is 3. The van der Waals surface area contributed by atoms with E-state index < -0.39 is 17.5 Å². The number of nitrogens with zero attached hydrogens (tertiary/aromatic N) is 4. The van der Waals surface area contributed by atoms with Crippen molar-refractivity contribution in [2.75, 3.05) is 31.9 Å². The summed E-state index contributed by atoms with van der Waals surface area (Å²) in [6, 6.07) is 14.7. The molecule has 2 aromatic heterocycles. The van der Waals surface area contributed by atoms with Crippen LogP contribution in [-0.4, -0.2) is 69.4 Å². The van der Waals surface area contributed by atoms with Crippen molar-refractivity contribution >= 4 is 45.8 Å². The standard InChI is InChI=1S/C27H24FN7O3/c28-19-9-8-17(24(29)33-20-7-4-10-31-25(20)30)22-21(19)18(15-32-22)23(36)27(38)35-13-11-34(12-14-35)26(37)16-5-2-1-3-6-16/h1-10,15,32H,11-14H2,(H2,29,33)(H2,30,31). The Morgan fingerprint density at radius 2 is 1.63 bits per heavy atom. The van der Waals surface area contributed by atoms with Crippen molar-refractivity contribution in [1.29, 1.82) is 0 Å². The highest BCUT2D eigenvalue weighted by Crippen LogP contribution is 2.27. The van der Waals surface area contributed by atoms with E-state index in [9.17, 15) is 18.8 Å². The fraction of sp³-hybridized carbons (Fsp3) is 0.148. The molecule has 5 N–H and O–H groups in total. The average molecular weight is 514 g/mol. The van der Waals surface area contributed by atoms with Gasteiger partial charge in [0.15, 0.2) is 0 Å². The zero-order valence-corrected chi connectivity index (χ0v) is 20.2. The van der Waals surface area contributed by atoms with Gasteiger partial charge in [0, 0.05) is 55.1 Å². The number of anilines is 1. The number of fused-ring (bicyclic) bond motifs is 1. The second-order valence-electron chi connectivity index (χ2n) is 8.73. The van der Waals surface area contributed by atoms with Crippen LogP contribution in [0.2, 0.25) is 0 Å². The molecule has 3 heterocycles. The van der Waals surface area contributed by atoms with Gasteiger partial charge in [-0.3, -0.25) is 14.4 Å². The Morgan fingerprint density at radius 3 is 2.34 bits per heavy atom. The maximum absolute atomic E-state index is 14.9. The maximum Gasteiger partial charge on any atom is 0.295 e. The average Bonchev–Trinajstić information content (AvgIpc) is 3.40. The first-order valence-electron chi connectivity index (χ1n) is 11.9. The van der Waals surface area contributed by atoms with Crippen LogP contribution < -0.4 is 11.5 Å². The van der Waals surface area contributed by atoms with Gasteiger partial charge in [0.25, 0.3) is 17.6 Å². The van der Waals surface area contributed by atoms with Gasteiger partial charge in [0.2, 0.25) is 0 Å². The van der Waals surface area contributed by atoms with E-state index in [1.165, 1.54) is 23.4 Å². The summed E-state index contributed by atoms with van der Waals surface area (Å²) in [5.74, 6) is -2.25. The number of Topliss-reactive ketones (excluding diaryl/α,β-unsaturated/α-hetero) is 1. The van der Waals surface area contributed by atoms with Crippen molar-refractivity contribution in [2.45, 2.75) is 0 Å². The van der Waals surface area contributed by atoms with E-state index in [-0.39, 0.29) is 60.2 Å². The SMILES string of the molecule is NC(=Nc1cccnc1N)c1ccc(F)c2c(C(=O)C(=O)N3CCN(C(=O)c4ccccc4)CC3)c[nH]c12. The van der Waals surface area contributed by atoms with Gasteiger partial charge < -0.3 is 26.3 Å². The summed E-state index contributed by atoms with van der Waals surface area (Å²) in [5, 5.41) is -0.0592. The van der Waals surface area contributed by atoms with Gasteiger partial charge >= 0.3 is 0 Å². The number of hydrogen-bond acceptors (Lipinski definition) is 6. The van der Waals surface area contributed by atoms with E-state index in [2.05, 4.69) is 15.0 Å². The normalized spacial score (nSPS) is 14.1. The molecule has 10 nitrogen and oxygen atoms in total. The number of nitrogen functional groups attached to an aromatic ring is 1. The van der Waals surface area contributed by atoms with Crippen LogP contribution in [0.25, 0.3) is 10.9 Å². The molecule has 1 fully saturated rings. The summed E-state index contributed by atoms with van der Waals surface area (Å²) >= 11 is 0. The second kappa shape index (κ2) is 10.1. The van der Waals surface area contributed by atoms with Crippen molar-refractivity contribution in [3.8, 4) is 0 Å². The number of aromatic nitrogens is 2. The zero-order chi connectivity index (χ0) is 26.8. The van der Waals surface area contributed by atoms with Crippen LogP contribution in [0.4, 0.5) is 15.9 Å². The Morgan fingerprint density at radius 1 is 0.921 bits per heavy atom.